The van der Waals surface area contributed by atoms with E-state index in [1.54, 1.807) is 36.5 Å². The molecular weight excluding hydrogens is 544 g/mol. The third-order valence-corrected chi connectivity index (χ3v) is 7.42. The maximum absolute atomic E-state index is 12.7. The van der Waals surface area contributed by atoms with Gasteiger partial charge in [0, 0.05) is 18.8 Å². The van der Waals surface area contributed by atoms with Gasteiger partial charge in [0.05, 0.1) is 42.5 Å². The summed E-state index contributed by atoms with van der Waals surface area (Å²) in [6.45, 7) is 5.35. The molecule has 1 rings (SSSR count). The van der Waals surface area contributed by atoms with Crippen molar-refractivity contribution in [2.24, 2.45) is 17.8 Å². The lowest BCUT2D eigenvalue weighted by Crippen LogP contribution is -2.39. The lowest BCUT2D eigenvalue weighted by Gasteiger charge is -2.26. The summed E-state index contributed by atoms with van der Waals surface area (Å²) in [4.78, 5) is 24.4. The number of ether oxygens (including phenoxy) is 1. The summed E-state index contributed by atoms with van der Waals surface area (Å²) in [5.74, 6) is -4.47. The Bertz CT molecular complexity index is 940. The van der Waals surface area contributed by atoms with Crippen molar-refractivity contribution in [1.82, 2.24) is 0 Å². The van der Waals surface area contributed by atoms with Gasteiger partial charge in [-0.1, -0.05) is 74.6 Å². The molecule has 0 aromatic rings. The van der Waals surface area contributed by atoms with Gasteiger partial charge in [-0.25, -0.2) is 0 Å². The van der Waals surface area contributed by atoms with Gasteiger partial charge in [0.2, 0.25) is 0 Å². The maximum Gasteiger partial charge on any atom is 0.312 e. The third kappa shape index (κ3) is 14.5. The number of carboxylic acid groups (broad SMARTS) is 1. The molecule has 0 saturated heterocycles. The highest BCUT2D eigenvalue weighted by Crippen LogP contribution is 2.22. The molecule has 10 nitrogen and oxygen atoms in total. The Balaban J connectivity index is 3.03. The first-order valence-corrected chi connectivity index (χ1v) is 14.7. The summed E-state index contributed by atoms with van der Waals surface area (Å²) in [6.07, 6.45) is 9.99. The molecule has 1 aliphatic rings. The maximum atomic E-state index is 12.7. The van der Waals surface area contributed by atoms with Crippen LogP contribution in [-0.4, -0.2) is 90.4 Å². The number of aliphatic hydroxyl groups excluding tert-OH is 6. The van der Waals surface area contributed by atoms with E-state index in [1.165, 1.54) is 19.1 Å². The van der Waals surface area contributed by atoms with Crippen molar-refractivity contribution in [3.8, 4) is 0 Å². The van der Waals surface area contributed by atoms with Crippen LogP contribution in [0, 0.1) is 17.8 Å². The number of carboxylic acids is 1. The normalized spacial score (nSPS) is 39.5. The third-order valence-electron chi connectivity index (χ3n) is 7.42. The number of carbonyl (C=O) groups excluding carboxylic acids is 1. The fourth-order valence-corrected chi connectivity index (χ4v) is 4.70. The van der Waals surface area contributed by atoms with Gasteiger partial charge in [0.1, 0.15) is 12.0 Å². The number of rotatable bonds is 2. The van der Waals surface area contributed by atoms with Crippen LogP contribution in [0.3, 0.4) is 0 Å². The summed E-state index contributed by atoms with van der Waals surface area (Å²) in [6, 6.07) is 0. The van der Waals surface area contributed by atoms with E-state index in [1.807, 2.05) is 26.0 Å². The van der Waals surface area contributed by atoms with E-state index in [0.29, 0.717) is 12.8 Å². The molecule has 0 saturated carbocycles. The summed E-state index contributed by atoms with van der Waals surface area (Å²) < 4.78 is 5.65. The second-order valence-electron chi connectivity index (χ2n) is 11.0. The molecule has 42 heavy (non-hydrogen) atoms. The molecule has 0 aliphatic carbocycles. The molecule has 0 aromatic heterocycles. The van der Waals surface area contributed by atoms with Crippen LogP contribution in [0.2, 0.25) is 0 Å². The number of carbonyl (C=O) groups is 2. The van der Waals surface area contributed by atoms with Crippen LogP contribution in [0.15, 0.2) is 60.8 Å². The minimum Gasteiger partial charge on any atom is -0.481 e. The molecule has 238 valence electrons. The van der Waals surface area contributed by atoms with Crippen LogP contribution >= 0.6 is 0 Å². The number of hydrogen-bond donors (Lipinski definition) is 7. The Labute approximate surface area is 249 Å². The van der Waals surface area contributed by atoms with Crippen molar-refractivity contribution >= 4 is 11.9 Å². The molecule has 0 fully saturated rings. The first-order valence-electron chi connectivity index (χ1n) is 14.7. The Morgan fingerprint density at radius 1 is 0.762 bits per heavy atom. The van der Waals surface area contributed by atoms with Gasteiger partial charge in [-0.2, -0.15) is 0 Å². The largest absolute Gasteiger partial charge is 0.481 e. The first kappa shape index (κ1) is 37.4. The second-order valence-corrected chi connectivity index (χ2v) is 11.0. The van der Waals surface area contributed by atoms with Crippen molar-refractivity contribution in [3.05, 3.63) is 60.8 Å². The Kier molecular flexibility index (Phi) is 18.1. The monoisotopic (exact) mass is 594 g/mol. The van der Waals surface area contributed by atoms with E-state index >= 15 is 0 Å². The highest BCUT2D eigenvalue weighted by atomic mass is 16.5. The minimum absolute atomic E-state index is 0.0479. The minimum atomic E-state index is -1.54. The molecule has 0 radical (unpaired) electrons. The Morgan fingerprint density at radius 2 is 1.26 bits per heavy atom. The molecule has 0 unspecified atom stereocenters. The summed E-state index contributed by atoms with van der Waals surface area (Å²) in [7, 11) is 0. The Hall–Kier alpha value is -2.60. The van der Waals surface area contributed by atoms with Gasteiger partial charge in [-0.05, 0) is 39.0 Å². The van der Waals surface area contributed by atoms with Crippen molar-refractivity contribution in [2.75, 3.05) is 0 Å². The predicted molar refractivity (Wildman–Crippen MR) is 159 cm³/mol. The highest BCUT2D eigenvalue weighted by Gasteiger charge is 2.33. The number of allylic oxidation sites excluding steroid dienone is 8. The predicted octanol–water partition coefficient (Wildman–Crippen LogP) is 2.58. The topological polar surface area (TPSA) is 185 Å². The van der Waals surface area contributed by atoms with Crippen molar-refractivity contribution < 1.29 is 50.1 Å². The van der Waals surface area contributed by atoms with Crippen LogP contribution in [0.4, 0.5) is 0 Å². The fraction of sp³-hybridized carbons (Fsp3) is 0.625. The number of esters is 1. The molecular formula is C32H50O10. The molecule has 0 amide bonds. The zero-order chi connectivity index (χ0) is 31.7. The SMILES string of the molecule is CC[C@@H]1OC(=O)[C@@H](C)[C@H](O)C[C@H](O)C[C@H](O)CCC[C@H](O)C[C@H](O)[C@H](C(=O)O)[C@@H](O)/C=C/C=C/C=C/C=C/C=C/[C@H]1C. The number of aliphatic carboxylic acids is 1. The van der Waals surface area contributed by atoms with Gasteiger partial charge in [-0.15, -0.1) is 0 Å². The zero-order valence-electron chi connectivity index (χ0n) is 24.9. The smallest absolute Gasteiger partial charge is 0.312 e. The first-order chi connectivity index (χ1) is 19.9. The molecule has 10 atom stereocenters. The van der Waals surface area contributed by atoms with E-state index in [2.05, 4.69) is 0 Å². The molecule has 0 spiro atoms. The average Bonchev–Trinajstić information content (AvgIpc) is 2.90. The van der Waals surface area contributed by atoms with E-state index < -0.39 is 66.5 Å². The van der Waals surface area contributed by atoms with Gasteiger partial charge in [0.15, 0.2) is 0 Å². The standard InChI is InChI=1S/C32H50O10/c1-4-29-21(2)14-11-9-7-5-6-8-10-12-17-26(36)30(31(39)40)28(38)19-24(34)16-13-15-23(33)18-25(35)20-27(37)22(3)32(41)42-29/h5-12,14,17,21-30,33-38H,4,13,15-16,18-20H2,1-3H3,(H,39,40)/b6-5+,9-7+,10-8+,14-11+,17-12+/t21-,22+,23-,24+,25-,26+,27-,28+,29+,30-/m1/s1. The lowest BCUT2D eigenvalue weighted by molar-refractivity contribution is -0.160. The molecule has 10 heteroatoms. The Morgan fingerprint density at radius 3 is 1.81 bits per heavy atom. The van der Waals surface area contributed by atoms with Gasteiger partial charge < -0.3 is 40.5 Å². The van der Waals surface area contributed by atoms with Crippen LogP contribution in [-0.2, 0) is 14.3 Å². The van der Waals surface area contributed by atoms with Gasteiger partial charge in [0.25, 0.3) is 0 Å². The van der Waals surface area contributed by atoms with E-state index in [0.717, 1.165) is 0 Å². The van der Waals surface area contributed by atoms with Gasteiger partial charge in [-0.3, -0.25) is 9.59 Å². The molecule has 0 bridgehead atoms. The van der Waals surface area contributed by atoms with Crippen LogP contribution in [0.25, 0.3) is 0 Å². The quantitative estimate of drug-likeness (QED) is 0.234. The molecule has 1 heterocycles. The van der Waals surface area contributed by atoms with E-state index in [9.17, 15) is 45.3 Å². The van der Waals surface area contributed by atoms with Crippen molar-refractivity contribution in [1.29, 1.82) is 0 Å². The van der Waals surface area contributed by atoms with Crippen LogP contribution < -0.4 is 0 Å². The summed E-state index contributed by atoms with van der Waals surface area (Å²) in [5.41, 5.74) is 0. The lowest BCUT2D eigenvalue weighted by atomic mass is 9.90. The van der Waals surface area contributed by atoms with Crippen LogP contribution in [0.1, 0.15) is 65.7 Å². The summed E-state index contributed by atoms with van der Waals surface area (Å²) in [5, 5.41) is 71.8. The summed E-state index contributed by atoms with van der Waals surface area (Å²) >= 11 is 0. The highest BCUT2D eigenvalue weighted by molar-refractivity contribution is 5.73. The van der Waals surface area contributed by atoms with Crippen molar-refractivity contribution in [3.63, 3.8) is 0 Å². The fourth-order valence-electron chi connectivity index (χ4n) is 4.70. The van der Waals surface area contributed by atoms with Gasteiger partial charge >= 0.3 is 11.9 Å². The average molecular weight is 595 g/mol. The zero-order valence-corrected chi connectivity index (χ0v) is 24.9. The number of cyclic esters (lactones) is 1. The number of hydrogen-bond acceptors (Lipinski definition) is 9. The van der Waals surface area contributed by atoms with E-state index in [4.69, 9.17) is 4.74 Å². The second kappa shape index (κ2) is 20.3. The number of aliphatic hydroxyl groups is 6. The van der Waals surface area contributed by atoms with E-state index in [-0.39, 0.29) is 38.0 Å². The molecule has 0 aromatic carbocycles. The molecule has 7 N–H and O–H groups in total. The van der Waals surface area contributed by atoms with Crippen molar-refractivity contribution in [2.45, 2.75) is 108 Å². The van der Waals surface area contributed by atoms with Crippen LogP contribution in [0.5, 0.6) is 0 Å². The molecule has 1 aliphatic heterocycles.